The zero-order valence-electron chi connectivity index (χ0n) is 10.0. The minimum absolute atomic E-state index is 0.0721. The molecule has 0 unspecified atom stereocenters. The summed E-state index contributed by atoms with van der Waals surface area (Å²) in [6, 6.07) is 3.94. The van der Waals surface area contributed by atoms with Crippen LogP contribution in [-0.4, -0.2) is 17.6 Å². The molecule has 1 rings (SSSR count). The Balaban J connectivity index is 2.57. The Morgan fingerprint density at radius 2 is 2.20 bits per heavy atom. The predicted molar refractivity (Wildman–Crippen MR) is 62.9 cm³/mol. The maximum absolute atomic E-state index is 5.77. The van der Waals surface area contributed by atoms with E-state index >= 15 is 0 Å². The van der Waals surface area contributed by atoms with Gasteiger partial charge in [-0.2, -0.15) is 0 Å². The molecule has 84 valence electrons. The van der Waals surface area contributed by atoms with Crippen LogP contribution < -0.4 is 5.32 Å². The number of anilines is 1. The molecule has 1 heterocycles. The van der Waals surface area contributed by atoms with Gasteiger partial charge in [-0.15, -0.1) is 0 Å². The molecular formula is C12H20N2O. The van der Waals surface area contributed by atoms with Crippen LogP contribution in [0.3, 0.4) is 0 Å². The van der Waals surface area contributed by atoms with Crippen molar-refractivity contribution in [1.82, 2.24) is 4.98 Å². The fraction of sp³-hybridized carbons (Fsp3) is 0.583. The number of nitrogens with one attached hydrogen (secondary N) is 1. The molecule has 0 amide bonds. The van der Waals surface area contributed by atoms with Crippen LogP contribution in [0.1, 0.15) is 32.9 Å². The van der Waals surface area contributed by atoms with Gasteiger partial charge < -0.3 is 10.1 Å². The second-order valence-corrected chi connectivity index (χ2v) is 4.19. The molecule has 3 nitrogen and oxygen atoms in total. The van der Waals surface area contributed by atoms with E-state index in [1.165, 1.54) is 0 Å². The van der Waals surface area contributed by atoms with Crippen molar-refractivity contribution in [2.24, 2.45) is 0 Å². The fourth-order valence-corrected chi connectivity index (χ4v) is 1.08. The summed E-state index contributed by atoms with van der Waals surface area (Å²) in [5.74, 6) is 0. The van der Waals surface area contributed by atoms with Crippen LogP contribution in [0.4, 0.5) is 5.69 Å². The Hall–Kier alpha value is -1.09. The minimum atomic E-state index is -0.0721. The van der Waals surface area contributed by atoms with E-state index in [-0.39, 0.29) is 5.60 Å². The smallest absolute Gasteiger partial charge is 0.0895 e. The summed E-state index contributed by atoms with van der Waals surface area (Å²) in [7, 11) is 1.90. The first-order chi connectivity index (χ1) is 7.07. The Labute approximate surface area is 91.9 Å². The molecule has 0 fully saturated rings. The van der Waals surface area contributed by atoms with Gasteiger partial charge in [0.1, 0.15) is 0 Å². The van der Waals surface area contributed by atoms with Crippen molar-refractivity contribution in [3.63, 3.8) is 0 Å². The van der Waals surface area contributed by atoms with Gasteiger partial charge in [0.25, 0.3) is 0 Å². The summed E-state index contributed by atoms with van der Waals surface area (Å²) < 4.78 is 5.77. The number of pyridine rings is 1. The van der Waals surface area contributed by atoms with E-state index in [1.807, 2.05) is 19.2 Å². The molecule has 0 aliphatic heterocycles. The van der Waals surface area contributed by atoms with E-state index in [2.05, 4.69) is 31.1 Å². The van der Waals surface area contributed by atoms with E-state index in [0.29, 0.717) is 6.61 Å². The largest absolute Gasteiger partial charge is 0.388 e. The van der Waals surface area contributed by atoms with Crippen LogP contribution >= 0.6 is 0 Å². The molecule has 0 spiro atoms. The third kappa shape index (κ3) is 3.88. The minimum Gasteiger partial charge on any atom is -0.388 e. The summed E-state index contributed by atoms with van der Waals surface area (Å²) in [6.07, 6.45) is 2.79. The van der Waals surface area contributed by atoms with Crippen LogP contribution in [0.15, 0.2) is 18.3 Å². The molecule has 0 atom stereocenters. The first kappa shape index (κ1) is 12.0. The topological polar surface area (TPSA) is 34.1 Å². The van der Waals surface area contributed by atoms with Crippen molar-refractivity contribution in [1.29, 1.82) is 0 Å². The molecule has 1 aromatic rings. The first-order valence-electron chi connectivity index (χ1n) is 5.34. The number of aromatic nitrogens is 1. The summed E-state index contributed by atoms with van der Waals surface area (Å²) in [5, 5.41) is 3.08. The predicted octanol–water partition coefficient (Wildman–Crippen LogP) is 2.83. The van der Waals surface area contributed by atoms with Gasteiger partial charge >= 0.3 is 0 Å². The second-order valence-electron chi connectivity index (χ2n) is 4.19. The Bertz CT molecular complexity index is 310. The van der Waals surface area contributed by atoms with Crippen LogP contribution in [0.5, 0.6) is 0 Å². The summed E-state index contributed by atoms with van der Waals surface area (Å²) >= 11 is 0. The van der Waals surface area contributed by atoms with Gasteiger partial charge in [-0.05, 0) is 32.4 Å². The van der Waals surface area contributed by atoms with E-state index in [0.717, 1.165) is 17.8 Å². The third-order valence-electron chi connectivity index (χ3n) is 2.57. The lowest BCUT2D eigenvalue weighted by molar-refractivity contribution is -0.0330. The van der Waals surface area contributed by atoms with Gasteiger partial charge in [0.2, 0.25) is 0 Å². The molecule has 0 aliphatic carbocycles. The molecule has 15 heavy (non-hydrogen) atoms. The Morgan fingerprint density at radius 1 is 1.47 bits per heavy atom. The van der Waals surface area contributed by atoms with Crippen LogP contribution in [0, 0.1) is 0 Å². The van der Waals surface area contributed by atoms with Gasteiger partial charge in [-0.3, -0.25) is 4.98 Å². The maximum atomic E-state index is 5.77. The molecular weight excluding hydrogens is 188 g/mol. The quantitative estimate of drug-likeness (QED) is 0.808. The molecule has 0 bridgehead atoms. The van der Waals surface area contributed by atoms with Gasteiger partial charge in [0.05, 0.1) is 17.9 Å². The molecule has 0 aliphatic rings. The molecule has 3 heteroatoms. The van der Waals surface area contributed by atoms with Crippen LogP contribution in [-0.2, 0) is 11.3 Å². The Kier molecular flexibility index (Phi) is 4.09. The van der Waals surface area contributed by atoms with E-state index in [1.54, 1.807) is 6.20 Å². The highest BCUT2D eigenvalue weighted by molar-refractivity contribution is 5.42. The monoisotopic (exact) mass is 208 g/mol. The fourth-order valence-electron chi connectivity index (χ4n) is 1.08. The van der Waals surface area contributed by atoms with Crippen LogP contribution in [0.25, 0.3) is 0 Å². The molecule has 0 saturated heterocycles. The highest BCUT2D eigenvalue weighted by atomic mass is 16.5. The Morgan fingerprint density at radius 3 is 2.80 bits per heavy atom. The number of hydrogen-bond acceptors (Lipinski definition) is 3. The average molecular weight is 208 g/mol. The van der Waals surface area contributed by atoms with Crippen molar-refractivity contribution in [3.05, 3.63) is 24.0 Å². The maximum Gasteiger partial charge on any atom is 0.0895 e. The lowest BCUT2D eigenvalue weighted by Crippen LogP contribution is -2.22. The zero-order valence-corrected chi connectivity index (χ0v) is 10.0. The normalized spacial score (nSPS) is 11.5. The number of hydrogen-bond donors (Lipinski definition) is 1. The zero-order chi connectivity index (χ0) is 11.3. The van der Waals surface area contributed by atoms with Gasteiger partial charge in [-0.25, -0.2) is 0 Å². The molecule has 0 radical (unpaired) electrons. The lowest BCUT2D eigenvalue weighted by atomic mass is 10.1. The third-order valence-corrected chi connectivity index (χ3v) is 2.57. The van der Waals surface area contributed by atoms with Crippen molar-refractivity contribution in [2.75, 3.05) is 12.4 Å². The summed E-state index contributed by atoms with van der Waals surface area (Å²) in [4.78, 5) is 4.26. The summed E-state index contributed by atoms with van der Waals surface area (Å²) in [5.41, 5.74) is 1.96. The van der Waals surface area contributed by atoms with E-state index < -0.39 is 0 Å². The van der Waals surface area contributed by atoms with Crippen molar-refractivity contribution in [2.45, 2.75) is 39.4 Å². The van der Waals surface area contributed by atoms with Crippen molar-refractivity contribution in [3.8, 4) is 0 Å². The lowest BCUT2D eigenvalue weighted by Gasteiger charge is -2.23. The van der Waals surface area contributed by atoms with E-state index in [9.17, 15) is 0 Å². The highest BCUT2D eigenvalue weighted by Gasteiger charge is 2.15. The number of ether oxygens (including phenoxy) is 1. The molecule has 0 saturated carbocycles. The molecule has 1 aromatic heterocycles. The van der Waals surface area contributed by atoms with Crippen LogP contribution in [0.2, 0.25) is 0 Å². The van der Waals surface area contributed by atoms with Crippen molar-refractivity contribution < 1.29 is 4.74 Å². The van der Waals surface area contributed by atoms with E-state index in [4.69, 9.17) is 4.74 Å². The summed E-state index contributed by atoms with van der Waals surface area (Å²) in [6.45, 7) is 6.87. The molecule has 1 N–H and O–H groups in total. The first-order valence-corrected chi connectivity index (χ1v) is 5.34. The highest BCUT2D eigenvalue weighted by Crippen LogP contribution is 2.16. The average Bonchev–Trinajstić information content (AvgIpc) is 2.27. The number of nitrogens with zero attached hydrogens (tertiary/aromatic N) is 1. The van der Waals surface area contributed by atoms with Crippen molar-refractivity contribution >= 4 is 5.69 Å². The van der Waals surface area contributed by atoms with Gasteiger partial charge in [-0.1, -0.05) is 6.92 Å². The van der Waals surface area contributed by atoms with Gasteiger partial charge in [0, 0.05) is 18.9 Å². The SMILES string of the molecule is CCC(C)(C)OCc1cc(NC)ccn1. The number of rotatable bonds is 5. The second kappa shape index (κ2) is 5.12. The molecule has 0 aromatic carbocycles. The van der Waals surface area contributed by atoms with Gasteiger partial charge in [0.15, 0.2) is 0 Å². The standard InChI is InChI=1S/C12H20N2O/c1-5-12(2,3)15-9-11-8-10(13-4)6-7-14-11/h6-8H,5,9H2,1-4H3,(H,13,14).